The van der Waals surface area contributed by atoms with Gasteiger partial charge >= 0.3 is 0 Å². The molecule has 104 valence electrons. The summed E-state index contributed by atoms with van der Waals surface area (Å²) in [5.74, 6) is 1.11. The van der Waals surface area contributed by atoms with Crippen LogP contribution in [0.4, 0.5) is 5.69 Å². The van der Waals surface area contributed by atoms with E-state index in [2.05, 4.69) is 29.2 Å². The summed E-state index contributed by atoms with van der Waals surface area (Å²) in [6, 6.07) is 18.1. The fourth-order valence-electron chi connectivity index (χ4n) is 1.97. The number of nitrogen functional groups attached to an aromatic ring is 1. The van der Waals surface area contributed by atoms with E-state index in [9.17, 15) is 0 Å². The molecular weight excluding hydrogens is 266 g/mol. The standard InChI is InChI=1S/C16H19N3S/c1-19(11-12-20-13-7-3-2-4-8-13)15-10-6-5-9-14(15)16(17)18/h2-10H,11-12H2,1H3,(H3,17,18). The van der Waals surface area contributed by atoms with E-state index < -0.39 is 0 Å². The van der Waals surface area contributed by atoms with Crippen LogP contribution in [0.2, 0.25) is 0 Å². The average molecular weight is 285 g/mol. The summed E-state index contributed by atoms with van der Waals surface area (Å²) < 4.78 is 0. The Labute approximate surface area is 124 Å². The summed E-state index contributed by atoms with van der Waals surface area (Å²) in [5.41, 5.74) is 7.42. The van der Waals surface area contributed by atoms with E-state index in [-0.39, 0.29) is 5.84 Å². The van der Waals surface area contributed by atoms with Crippen molar-refractivity contribution < 1.29 is 0 Å². The van der Waals surface area contributed by atoms with E-state index >= 15 is 0 Å². The second kappa shape index (κ2) is 7.01. The molecule has 0 aliphatic heterocycles. The predicted molar refractivity (Wildman–Crippen MR) is 87.9 cm³/mol. The summed E-state index contributed by atoms with van der Waals surface area (Å²) in [7, 11) is 2.04. The molecule has 0 unspecified atom stereocenters. The lowest BCUT2D eigenvalue weighted by Gasteiger charge is -2.21. The molecule has 4 heteroatoms. The molecule has 0 aliphatic rings. The van der Waals surface area contributed by atoms with Crippen molar-refractivity contribution in [3.63, 3.8) is 0 Å². The predicted octanol–water partition coefficient (Wildman–Crippen LogP) is 3.20. The fourth-order valence-corrected chi connectivity index (χ4v) is 2.92. The Morgan fingerprint density at radius 2 is 1.75 bits per heavy atom. The molecule has 0 bridgehead atoms. The molecular formula is C16H19N3S. The van der Waals surface area contributed by atoms with Crippen molar-refractivity contribution in [2.24, 2.45) is 5.73 Å². The molecule has 20 heavy (non-hydrogen) atoms. The second-order valence-corrected chi connectivity index (χ2v) is 5.68. The van der Waals surface area contributed by atoms with Gasteiger partial charge in [-0.25, -0.2) is 0 Å². The smallest absolute Gasteiger partial charge is 0.124 e. The van der Waals surface area contributed by atoms with E-state index in [0.717, 1.165) is 23.5 Å². The Hall–Kier alpha value is -1.94. The van der Waals surface area contributed by atoms with Crippen molar-refractivity contribution in [1.29, 1.82) is 5.41 Å². The number of nitrogens with one attached hydrogen (secondary N) is 1. The molecule has 2 rings (SSSR count). The van der Waals surface area contributed by atoms with Crippen molar-refractivity contribution in [3.05, 3.63) is 60.2 Å². The number of benzene rings is 2. The molecule has 0 radical (unpaired) electrons. The Morgan fingerprint density at radius 1 is 1.10 bits per heavy atom. The van der Waals surface area contributed by atoms with Crippen LogP contribution in [-0.2, 0) is 0 Å². The van der Waals surface area contributed by atoms with Gasteiger partial charge in [0, 0.05) is 35.5 Å². The number of amidine groups is 1. The van der Waals surface area contributed by atoms with Gasteiger partial charge in [-0.05, 0) is 24.3 Å². The Morgan fingerprint density at radius 3 is 2.45 bits per heavy atom. The van der Waals surface area contributed by atoms with Gasteiger partial charge in [0.1, 0.15) is 5.84 Å². The van der Waals surface area contributed by atoms with Crippen LogP contribution in [0, 0.1) is 5.41 Å². The molecule has 0 aromatic heterocycles. The normalized spacial score (nSPS) is 10.2. The van der Waals surface area contributed by atoms with Gasteiger partial charge in [0.15, 0.2) is 0 Å². The first-order chi connectivity index (χ1) is 9.68. The summed E-state index contributed by atoms with van der Waals surface area (Å²) in [5, 5.41) is 7.63. The number of nitrogens with two attached hydrogens (primary N) is 1. The number of rotatable bonds is 6. The first-order valence-electron chi connectivity index (χ1n) is 6.51. The highest BCUT2D eigenvalue weighted by Crippen LogP contribution is 2.21. The lowest BCUT2D eigenvalue weighted by molar-refractivity contribution is 0.974. The van der Waals surface area contributed by atoms with Gasteiger partial charge < -0.3 is 10.6 Å². The van der Waals surface area contributed by atoms with Crippen molar-refractivity contribution in [2.45, 2.75) is 4.90 Å². The van der Waals surface area contributed by atoms with E-state index in [1.807, 2.05) is 49.1 Å². The molecule has 0 fully saturated rings. The van der Waals surface area contributed by atoms with Gasteiger partial charge in [-0.2, -0.15) is 0 Å². The minimum absolute atomic E-state index is 0.114. The molecule has 0 saturated heterocycles. The third-order valence-corrected chi connectivity index (χ3v) is 4.04. The maximum atomic E-state index is 7.63. The number of nitrogens with zero attached hydrogens (tertiary/aromatic N) is 1. The zero-order valence-electron chi connectivity index (χ0n) is 11.5. The highest BCUT2D eigenvalue weighted by atomic mass is 32.2. The Kier molecular flexibility index (Phi) is 5.07. The van der Waals surface area contributed by atoms with E-state index in [4.69, 9.17) is 11.1 Å². The van der Waals surface area contributed by atoms with Crippen molar-refractivity contribution in [3.8, 4) is 0 Å². The fraction of sp³-hybridized carbons (Fsp3) is 0.188. The van der Waals surface area contributed by atoms with E-state index in [1.165, 1.54) is 4.90 Å². The van der Waals surface area contributed by atoms with Gasteiger partial charge in [-0.15, -0.1) is 11.8 Å². The summed E-state index contributed by atoms with van der Waals surface area (Å²) >= 11 is 1.83. The zero-order chi connectivity index (χ0) is 14.4. The van der Waals surface area contributed by atoms with Crippen LogP contribution in [-0.4, -0.2) is 25.2 Å². The third-order valence-electron chi connectivity index (χ3n) is 3.04. The van der Waals surface area contributed by atoms with Crippen LogP contribution in [0.3, 0.4) is 0 Å². The summed E-state index contributed by atoms with van der Waals surface area (Å²) in [4.78, 5) is 3.42. The van der Waals surface area contributed by atoms with Gasteiger partial charge in [0.05, 0.1) is 0 Å². The molecule has 0 atom stereocenters. The maximum Gasteiger partial charge on any atom is 0.124 e. The minimum Gasteiger partial charge on any atom is -0.384 e. The summed E-state index contributed by atoms with van der Waals surface area (Å²) in [6.07, 6.45) is 0. The second-order valence-electron chi connectivity index (χ2n) is 4.51. The SMILES string of the molecule is CN(CCSc1ccccc1)c1ccccc1C(=N)N. The molecule has 3 N–H and O–H groups in total. The molecule has 0 amide bonds. The van der Waals surface area contributed by atoms with Crippen LogP contribution in [0.25, 0.3) is 0 Å². The van der Waals surface area contributed by atoms with E-state index in [0.29, 0.717) is 0 Å². The van der Waals surface area contributed by atoms with Crippen LogP contribution >= 0.6 is 11.8 Å². The Balaban J connectivity index is 1.95. The van der Waals surface area contributed by atoms with Gasteiger partial charge in [-0.3, -0.25) is 5.41 Å². The first-order valence-corrected chi connectivity index (χ1v) is 7.49. The third kappa shape index (κ3) is 3.78. The molecule has 0 spiro atoms. The van der Waals surface area contributed by atoms with Crippen molar-refractivity contribution >= 4 is 23.3 Å². The number of para-hydroxylation sites is 1. The first kappa shape index (κ1) is 14.5. The van der Waals surface area contributed by atoms with Crippen molar-refractivity contribution in [1.82, 2.24) is 0 Å². The van der Waals surface area contributed by atoms with Crippen molar-refractivity contribution in [2.75, 3.05) is 24.2 Å². The van der Waals surface area contributed by atoms with Crippen LogP contribution in [0.15, 0.2) is 59.5 Å². The quantitative estimate of drug-likeness (QED) is 0.487. The number of hydrogen-bond acceptors (Lipinski definition) is 3. The average Bonchev–Trinajstić information content (AvgIpc) is 2.48. The molecule has 3 nitrogen and oxygen atoms in total. The number of anilines is 1. The zero-order valence-corrected chi connectivity index (χ0v) is 12.4. The topological polar surface area (TPSA) is 53.1 Å². The van der Waals surface area contributed by atoms with Gasteiger partial charge in [-0.1, -0.05) is 30.3 Å². The molecule has 0 saturated carbocycles. The largest absolute Gasteiger partial charge is 0.384 e. The lowest BCUT2D eigenvalue weighted by Crippen LogP contribution is -2.24. The molecule has 0 heterocycles. The van der Waals surface area contributed by atoms with Gasteiger partial charge in [0.25, 0.3) is 0 Å². The number of hydrogen-bond donors (Lipinski definition) is 2. The monoisotopic (exact) mass is 285 g/mol. The molecule has 2 aromatic carbocycles. The van der Waals surface area contributed by atoms with Crippen LogP contribution < -0.4 is 10.6 Å². The highest BCUT2D eigenvalue weighted by molar-refractivity contribution is 7.99. The van der Waals surface area contributed by atoms with Crippen LogP contribution in [0.5, 0.6) is 0 Å². The minimum atomic E-state index is 0.114. The molecule has 0 aliphatic carbocycles. The van der Waals surface area contributed by atoms with Gasteiger partial charge in [0.2, 0.25) is 0 Å². The van der Waals surface area contributed by atoms with E-state index in [1.54, 1.807) is 0 Å². The lowest BCUT2D eigenvalue weighted by atomic mass is 10.1. The summed E-state index contributed by atoms with van der Waals surface area (Å²) in [6.45, 7) is 0.907. The highest BCUT2D eigenvalue weighted by Gasteiger charge is 2.08. The maximum absolute atomic E-state index is 7.63. The number of thioether (sulfide) groups is 1. The molecule has 2 aromatic rings. The van der Waals surface area contributed by atoms with Crippen LogP contribution in [0.1, 0.15) is 5.56 Å². The Bertz CT molecular complexity index is 569.